The molecule has 0 fully saturated rings. The Bertz CT molecular complexity index is 300. The Hall–Kier alpha value is -1.42. The lowest BCUT2D eigenvalue weighted by molar-refractivity contribution is -0.130. The molecule has 0 aliphatic rings. The van der Waals surface area contributed by atoms with Crippen molar-refractivity contribution in [3.8, 4) is 0 Å². The zero-order valence-electron chi connectivity index (χ0n) is 9.02. The number of nitrogens with zero attached hydrogens (tertiary/aromatic N) is 2. The summed E-state index contributed by atoms with van der Waals surface area (Å²) in [5, 5.41) is 0. The molecule has 4 heteroatoms. The molecule has 0 unspecified atom stereocenters. The fourth-order valence-electron chi connectivity index (χ4n) is 1.30. The molecule has 0 radical (unpaired) electrons. The molecule has 1 aromatic rings. The molecule has 1 rings (SSSR count). The van der Waals surface area contributed by atoms with Gasteiger partial charge in [0.2, 0.25) is 5.91 Å². The van der Waals surface area contributed by atoms with Crippen LogP contribution in [-0.4, -0.2) is 29.4 Å². The highest BCUT2D eigenvalue weighted by molar-refractivity contribution is 5.75. The van der Waals surface area contributed by atoms with E-state index in [1.165, 1.54) is 0 Å². The van der Waals surface area contributed by atoms with Crippen molar-refractivity contribution in [2.75, 3.05) is 13.6 Å². The average molecular weight is 207 g/mol. The third kappa shape index (κ3) is 4.08. The van der Waals surface area contributed by atoms with E-state index >= 15 is 0 Å². The van der Waals surface area contributed by atoms with Crippen molar-refractivity contribution in [1.29, 1.82) is 0 Å². The topological polar surface area (TPSA) is 59.2 Å². The van der Waals surface area contributed by atoms with Gasteiger partial charge in [0, 0.05) is 32.4 Å². The van der Waals surface area contributed by atoms with E-state index in [9.17, 15) is 4.79 Å². The van der Waals surface area contributed by atoms with Crippen molar-refractivity contribution in [3.63, 3.8) is 0 Å². The summed E-state index contributed by atoms with van der Waals surface area (Å²) < 4.78 is 0. The molecule has 0 aliphatic heterocycles. The third-order valence-corrected chi connectivity index (χ3v) is 2.16. The smallest absolute Gasteiger partial charge is 0.222 e. The predicted octanol–water partition coefficient (Wildman–Crippen LogP) is 0.779. The summed E-state index contributed by atoms with van der Waals surface area (Å²) in [5.74, 6) is 0.129. The molecule has 0 atom stereocenters. The maximum Gasteiger partial charge on any atom is 0.222 e. The largest absolute Gasteiger partial charge is 0.341 e. The third-order valence-electron chi connectivity index (χ3n) is 2.16. The minimum atomic E-state index is 0.129. The van der Waals surface area contributed by atoms with E-state index in [2.05, 4.69) is 4.98 Å². The van der Waals surface area contributed by atoms with Crippen LogP contribution in [0.25, 0.3) is 0 Å². The lowest BCUT2D eigenvalue weighted by atomic mass is 10.2. The first-order chi connectivity index (χ1) is 7.24. The van der Waals surface area contributed by atoms with Gasteiger partial charge in [-0.1, -0.05) is 6.07 Å². The van der Waals surface area contributed by atoms with Crippen molar-refractivity contribution in [3.05, 3.63) is 30.1 Å². The Morgan fingerprint density at radius 3 is 3.00 bits per heavy atom. The first-order valence-electron chi connectivity index (χ1n) is 5.07. The minimum absolute atomic E-state index is 0.129. The highest BCUT2D eigenvalue weighted by Crippen LogP contribution is 2.03. The first kappa shape index (κ1) is 11.7. The molecule has 1 amide bonds. The van der Waals surface area contributed by atoms with E-state index in [4.69, 9.17) is 5.73 Å². The summed E-state index contributed by atoms with van der Waals surface area (Å²) in [5.41, 5.74) is 6.39. The van der Waals surface area contributed by atoms with Gasteiger partial charge in [-0.3, -0.25) is 9.78 Å². The molecule has 15 heavy (non-hydrogen) atoms. The van der Waals surface area contributed by atoms with E-state index < -0.39 is 0 Å². The summed E-state index contributed by atoms with van der Waals surface area (Å²) in [7, 11) is 1.80. The van der Waals surface area contributed by atoms with Crippen LogP contribution in [0.1, 0.15) is 18.4 Å². The fourth-order valence-corrected chi connectivity index (χ4v) is 1.30. The van der Waals surface area contributed by atoms with Crippen molar-refractivity contribution in [2.45, 2.75) is 19.4 Å². The lowest BCUT2D eigenvalue weighted by Crippen LogP contribution is -2.26. The van der Waals surface area contributed by atoms with Crippen LogP contribution in [-0.2, 0) is 11.3 Å². The number of hydrogen-bond acceptors (Lipinski definition) is 3. The number of amides is 1. The van der Waals surface area contributed by atoms with Gasteiger partial charge in [0.15, 0.2) is 0 Å². The summed E-state index contributed by atoms with van der Waals surface area (Å²) >= 11 is 0. The number of hydrogen-bond donors (Lipinski definition) is 1. The molecular weight excluding hydrogens is 190 g/mol. The molecule has 1 aromatic heterocycles. The van der Waals surface area contributed by atoms with Crippen LogP contribution in [0, 0.1) is 0 Å². The van der Waals surface area contributed by atoms with Gasteiger partial charge in [0.05, 0.1) is 0 Å². The van der Waals surface area contributed by atoms with Crippen molar-refractivity contribution < 1.29 is 4.79 Å². The second-order valence-corrected chi connectivity index (χ2v) is 3.50. The van der Waals surface area contributed by atoms with Gasteiger partial charge < -0.3 is 10.6 Å². The Morgan fingerprint density at radius 1 is 1.60 bits per heavy atom. The second kappa shape index (κ2) is 6.14. The van der Waals surface area contributed by atoms with Gasteiger partial charge in [-0.2, -0.15) is 0 Å². The molecule has 0 aromatic carbocycles. The van der Waals surface area contributed by atoms with Gasteiger partial charge in [0.1, 0.15) is 0 Å². The normalized spacial score (nSPS) is 10.0. The zero-order valence-corrected chi connectivity index (χ0v) is 9.02. The SMILES string of the molecule is CN(Cc1cccnc1)C(=O)CCCN. The first-order valence-corrected chi connectivity index (χ1v) is 5.07. The molecule has 0 saturated carbocycles. The minimum Gasteiger partial charge on any atom is -0.341 e. The van der Waals surface area contributed by atoms with Gasteiger partial charge in [0.25, 0.3) is 0 Å². The monoisotopic (exact) mass is 207 g/mol. The second-order valence-electron chi connectivity index (χ2n) is 3.50. The van der Waals surface area contributed by atoms with Crippen molar-refractivity contribution in [2.24, 2.45) is 5.73 Å². The summed E-state index contributed by atoms with van der Waals surface area (Å²) in [4.78, 5) is 17.3. The standard InChI is InChI=1S/C11H17N3O/c1-14(11(15)5-2-6-12)9-10-4-3-7-13-8-10/h3-4,7-8H,2,5-6,9,12H2,1H3. The van der Waals surface area contributed by atoms with Gasteiger partial charge in [-0.15, -0.1) is 0 Å². The predicted molar refractivity (Wildman–Crippen MR) is 59.0 cm³/mol. The van der Waals surface area contributed by atoms with Crippen LogP contribution in [0.5, 0.6) is 0 Å². The molecule has 1 heterocycles. The highest BCUT2D eigenvalue weighted by atomic mass is 16.2. The van der Waals surface area contributed by atoms with Crippen LogP contribution in [0.2, 0.25) is 0 Å². The summed E-state index contributed by atoms with van der Waals surface area (Å²) in [6.45, 7) is 1.17. The van der Waals surface area contributed by atoms with E-state index in [0.29, 0.717) is 19.5 Å². The van der Waals surface area contributed by atoms with Crippen molar-refractivity contribution >= 4 is 5.91 Å². The van der Waals surface area contributed by atoms with Crippen LogP contribution < -0.4 is 5.73 Å². The number of pyridine rings is 1. The molecule has 2 N–H and O–H groups in total. The lowest BCUT2D eigenvalue weighted by Gasteiger charge is -2.16. The average Bonchev–Trinajstić information content (AvgIpc) is 2.27. The summed E-state index contributed by atoms with van der Waals surface area (Å²) in [6, 6.07) is 3.83. The molecular formula is C11H17N3O. The van der Waals surface area contributed by atoms with Gasteiger partial charge in [-0.05, 0) is 24.6 Å². The number of nitrogens with two attached hydrogens (primary N) is 1. The fraction of sp³-hybridized carbons (Fsp3) is 0.455. The summed E-state index contributed by atoms with van der Waals surface area (Å²) in [6.07, 6.45) is 4.76. The maximum absolute atomic E-state index is 11.6. The number of carbonyl (C=O) groups excluding carboxylic acids is 1. The Labute approximate surface area is 90.1 Å². The molecule has 0 spiro atoms. The maximum atomic E-state index is 11.6. The molecule has 0 aliphatic carbocycles. The number of rotatable bonds is 5. The molecule has 0 bridgehead atoms. The van der Waals surface area contributed by atoms with Gasteiger partial charge >= 0.3 is 0 Å². The van der Waals surface area contributed by atoms with E-state index in [0.717, 1.165) is 12.0 Å². The molecule has 82 valence electrons. The molecule has 4 nitrogen and oxygen atoms in total. The zero-order chi connectivity index (χ0) is 11.1. The number of aromatic nitrogens is 1. The van der Waals surface area contributed by atoms with E-state index in [1.54, 1.807) is 24.3 Å². The Kier molecular flexibility index (Phi) is 4.77. The Morgan fingerprint density at radius 2 is 2.40 bits per heavy atom. The Balaban J connectivity index is 2.41. The van der Waals surface area contributed by atoms with E-state index in [-0.39, 0.29) is 5.91 Å². The van der Waals surface area contributed by atoms with Crippen LogP contribution in [0.4, 0.5) is 0 Å². The van der Waals surface area contributed by atoms with Gasteiger partial charge in [-0.25, -0.2) is 0 Å². The van der Waals surface area contributed by atoms with E-state index in [1.807, 2.05) is 12.1 Å². The van der Waals surface area contributed by atoms with Crippen LogP contribution in [0.15, 0.2) is 24.5 Å². The quantitative estimate of drug-likeness (QED) is 0.776. The van der Waals surface area contributed by atoms with Crippen LogP contribution >= 0.6 is 0 Å². The molecule has 0 saturated heterocycles. The number of carbonyl (C=O) groups is 1. The highest BCUT2D eigenvalue weighted by Gasteiger charge is 2.07. The van der Waals surface area contributed by atoms with Crippen molar-refractivity contribution in [1.82, 2.24) is 9.88 Å². The van der Waals surface area contributed by atoms with Crippen LogP contribution in [0.3, 0.4) is 0 Å².